The molecule has 3 atom stereocenters. The molecule has 0 saturated carbocycles. The maximum Gasteiger partial charge on any atom is 0.278 e. The smallest absolute Gasteiger partial charge is 0.278 e. The first-order valence-electron chi connectivity index (χ1n) is 9.20. The van der Waals surface area contributed by atoms with Gasteiger partial charge in [0.25, 0.3) is 5.56 Å². The van der Waals surface area contributed by atoms with Crippen LogP contribution in [0.15, 0.2) is 22.6 Å². The standard InChI is InChI=1S/C17H27N5O5Si/c1-16(2,3)28(4,5)27-11-6-12(26-17(11,8-23)7-21-25)22-10-20-13-14(22)18-9-19-15(13)24/h9-12,23H,6-8H2,1-5H3,(H,18,19,24)/t11-,12-,17+/m0/s1. The van der Waals surface area contributed by atoms with Crippen molar-refractivity contribution in [3.63, 3.8) is 0 Å². The summed E-state index contributed by atoms with van der Waals surface area (Å²) in [6.45, 7) is 9.91. The van der Waals surface area contributed by atoms with Crippen LogP contribution in [0.1, 0.15) is 33.4 Å². The summed E-state index contributed by atoms with van der Waals surface area (Å²) in [7, 11) is -2.21. The highest BCUT2D eigenvalue weighted by molar-refractivity contribution is 6.74. The van der Waals surface area contributed by atoms with Gasteiger partial charge in [-0.15, -0.1) is 0 Å². The number of nitrogens with one attached hydrogen (secondary N) is 1. The van der Waals surface area contributed by atoms with Crippen molar-refractivity contribution >= 4 is 19.5 Å². The van der Waals surface area contributed by atoms with Crippen LogP contribution in [0.2, 0.25) is 18.1 Å². The number of ether oxygens (including phenoxy) is 1. The minimum absolute atomic E-state index is 0.0581. The van der Waals surface area contributed by atoms with Crippen LogP contribution in [0.4, 0.5) is 0 Å². The molecule has 1 aliphatic heterocycles. The molecule has 2 aromatic rings. The van der Waals surface area contributed by atoms with Crippen LogP contribution in [0.25, 0.3) is 11.2 Å². The van der Waals surface area contributed by atoms with Gasteiger partial charge in [-0.3, -0.25) is 9.36 Å². The maximum absolute atomic E-state index is 11.9. The van der Waals surface area contributed by atoms with E-state index in [9.17, 15) is 14.8 Å². The van der Waals surface area contributed by atoms with Gasteiger partial charge in [0.15, 0.2) is 19.5 Å². The van der Waals surface area contributed by atoms with Crippen molar-refractivity contribution in [2.45, 2.75) is 63.3 Å². The molecule has 3 rings (SSSR count). The average Bonchev–Trinajstić information content (AvgIpc) is 3.17. The van der Waals surface area contributed by atoms with Gasteiger partial charge in [-0.05, 0) is 18.1 Å². The van der Waals surface area contributed by atoms with Crippen LogP contribution in [0.3, 0.4) is 0 Å². The molecule has 0 radical (unpaired) electrons. The summed E-state index contributed by atoms with van der Waals surface area (Å²) >= 11 is 0. The number of fused-ring (bicyclic) bond motifs is 1. The Bertz CT molecular complexity index is 921. The SMILES string of the molecule is CC(C)(C)[Si](C)(C)O[C@H]1C[C@@H](n2cnc3c(=O)[nH]cnc32)O[C@@]1(CO)CN=O. The lowest BCUT2D eigenvalue weighted by Crippen LogP contribution is -2.53. The number of aliphatic hydroxyl groups excluding tert-OH is 1. The summed E-state index contributed by atoms with van der Waals surface area (Å²) < 4.78 is 14.3. The molecule has 3 heterocycles. The molecule has 154 valence electrons. The first kappa shape index (κ1) is 20.8. The minimum atomic E-state index is -2.21. The largest absolute Gasteiger partial charge is 0.411 e. The van der Waals surface area contributed by atoms with Crippen molar-refractivity contribution in [1.29, 1.82) is 0 Å². The summed E-state index contributed by atoms with van der Waals surface area (Å²) in [6.07, 6.45) is 2.03. The Morgan fingerprint density at radius 3 is 2.79 bits per heavy atom. The molecule has 2 aromatic heterocycles. The van der Waals surface area contributed by atoms with Crippen LogP contribution in [0.5, 0.6) is 0 Å². The van der Waals surface area contributed by atoms with Crippen molar-refractivity contribution in [1.82, 2.24) is 19.5 Å². The lowest BCUT2D eigenvalue weighted by atomic mass is 9.98. The second kappa shape index (κ2) is 7.14. The molecule has 0 amide bonds. The minimum Gasteiger partial charge on any atom is -0.411 e. The zero-order valence-corrected chi connectivity index (χ0v) is 17.8. The summed E-state index contributed by atoms with van der Waals surface area (Å²) in [5, 5.41) is 13.0. The number of imidazole rings is 1. The van der Waals surface area contributed by atoms with Crippen LogP contribution in [0, 0.1) is 4.91 Å². The Balaban J connectivity index is 1.99. The van der Waals surface area contributed by atoms with Gasteiger partial charge in [-0.1, -0.05) is 25.9 Å². The van der Waals surface area contributed by atoms with E-state index in [0.29, 0.717) is 12.1 Å². The Morgan fingerprint density at radius 1 is 1.46 bits per heavy atom. The Labute approximate surface area is 163 Å². The highest BCUT2D eigenvalue weighted by Gasteiger charge is 2.54. The topological polar surface area (TPSA) is 132 Å². The molecule has 10 nitrogen and oxygen atoms in total. The lowest BCUT2D eigenvalue weighted by Gasteiger charge is -2.41. The van der Waals surface area contributed by atoms with Gasteiger partial charge in [0.05, 0.1) is 25.4 Å². The number of rotatable bonds is 6. The molecule has 0 aromatic carbocycles. The van der Waals surface area contributed by atoms with Gasteiger partial charge in [-0.2, -0.15) is 4.91 Å². The van der Waals surface area contributed by atoms with E-state index in [0.717, 1.165) is 0 Å². The van der Waals surface area contributed by atoms with Crippen LogP contribution >= 0.6 is 0 Å². The van der Waals surface area contributed by atoms with Gasteiger partial charge < -0.3 is 19.3 Å². The molecular weight excluding hydrogens is 382 g/mol. The van der Waals surface area contributed by atoms with Crippen molar-refractivity contribution in [2.75, 3.05) is 13.2 Å². The number of aromatic nitrogens is 4. The second-order valence-electron chi connectivity index (χ2n) is 8.74. The number of aromatic amines is 1. The van der Waals surface area contributed by atoms with Crippen molar-refractivity contribution < 1.29 is 14.3 Å². The van der Waals surface area contributed by atoms with Crippen LogP contribution in [-0.2, 0) is 9.16 Å². The molecule has 0 bridgehead atoms. The normalized spacial score (nSPS) is 26.1. The van der Waals surface area contributed by atoms with E-state index in [1.807, 2.05) is 0 Å². The van der Waals surface area contributed by atoms with Gasteiger partial charge in [0.1, 0.15) is 18.4 Å². The third kappa shape index (κ3) is 3.43. The summed E-state index contributed by atoms with van der Waals surface area (Å²) in [5.41, 5.74) is -1.03. The molecular formula is C17H27N5O5Si. The first-order chi connectivity index (χ1) is 13.0. The van der Waals surface area contributed by atoms with E-state index in [4.69, 9.17) is 9.16 Å². The van der Waals surface area contributed by atoms with Gasteiger partial charge >= 0.3 is 0 Å². The zero-order chi connectivity index (χ0) is 20.7. The quantitative estimate of drug-likeness (QED) is 0.550. The number of nitroso groups, excluding NO2 is 1. The number of nitrogens with zero attached hydrogens (tertiary/aromatic N) is 4. The predicted molar refractivity (Wildman–Crippen MR) is 105 cm³/mol. The molecule has 28 heavy (non-hydrogen) atoms. The van der Waals surface area contributed by atoms with Crippen LogP contribution < -0.4 is 5.56 Å². The molecule has 1 fully saturated rings. The highest BCUT2D eigenvalue weighted by atomic mass is 28.4. The third-order valence-electron chi connectivity index (χ3n) is 5.89. The maximum atomic E-state index is 11.9. The van der Waals surface area contributed by atoms with Crippen molar-refractivity contribution in [2.24, 2.45) is 5.18 Å². The van der Waals surface area contributed by atoms with Crippen molar-refractivity contribution in [3.8, 4) is 0 Å². The number of hydrogen-bond acceptors (Lipinski definition) is 8. The molecule has 11 heteroatoms. The summed E-state index contributed by atoms with van der Waals surface area (Å²) in [6, 6.07) is 0. The van der Waals surface area contributed by atoms with Crippen molar-refractivity contribution in [3.05, 3.63) is 27.9 Å². The van der Waals surface area contributed by atoms with Gasteiger partial charge in [0.2, 0.25) is 0 Å². The lowest BCUT2D eigenvalue weighted by molar-refractivity contribution is -0.117. The Kier molecular flexibility index (Phi) is 5.30. The molecule has 2 N–H and O–H groups in total. The van der Waals surface area contributed by atoms with E-state index in [-0.39, 0.29) is 22.7 Å². The summed E-state index contributed by atoms with van der Waals surface area (Å²) in [5.74, 6) is 0. The zero-order valence-electron chi connectivity index (χ0n) is 16.8. The Hall–Kier alpha value is -1.95. The van der Waals surface area contributed by atoms with Gasteiger partial charge in [-0.25, -0.2) is 9.97 Å². The van der Waals surface area contributed by atoms with Gasteiger partial charge in [0, 0.05) is 6.42 Å². The highest BCUT2D eigenvalue weighted by Crippen LogP contribution is 2.45. The third-order valence-corrected chi connectivity index (χ3v) is 10.4. The van der Waals surface area contributed by atoms with E-state index >= 15 is 0 Å². The second-order valence-corrected chi connectivity index (χ2v) is 13.5. The predicted octanol–water partition coefficient (Wildman–Crippen LogP) is 1.93. The monoisotopic (exact) mass is 409 g/mol. The average molecular weight is 410 g/mol. The molecule has 0 aliphatic carbocycles. The molecule has 0 spiro atoms. The molecule has 1 aliphatic rings. The fourth-order valence-corrected chi connectivity index (χ4v) is 4.54. The molecule has 1 saturated heterocycles. The van der Waals surface area contributed by atoms with E-state index in [1.54, 1.807) is 4.57 Å². The fourth-order valence-electron chi connectivity index (χ4n) is 3.16. The van der Waals surface area contributed by atoms with Crippen LogP contribution in [-0.4, -0.2) is 57.8 Å². The number of hydrogen-bond donors (Lipinski definition) is 2. The summed E-state index contributed by atoms with van der Waals surface area (Å²) in [4.78, 5) is 33.8. The molecule has 0 unspecified atom stereocenters. The fraction of sp³-hybridized carbons (Fsp3) is 0.706. The Morgan fingerprint density at radius 2 is 2.18 bits per heavy atom. The first-order valence-corrected chi connectivity index (χ1v) is 12.1. The number of aliphatic hydroxyl groups is 1. The van der Waals surface area contributed by atoms with E-state index < -0.39 is 32.9 Å². The van der Waals surface area contributed by atoms with E-state index in [1.165, 1.54) is 12.7 Å². The van der Waals surface area contributed by atoms with E-state index in [2.05, 4.69) is 54.0 Å². The number of H-pyrrole nitrogens is 1.